The average molecular weight is 836 g/mol. The highest BCUT2D eigenvalue weighted by Crippen LogP contribution is 2.44. The van der Waals surface area contributed by atoms with Crippen LogP contribution in [0.4, 0.5) is 34.1 Å². The number of para-hydroxylation sites is 3. The van der Waals surface area contributed by atoms with Gasteiger partial charge in [0.2, 0.25) is 0 Å². The Morgan fingerprint density at radius 1 is 0.281 bits per heavy atom. The normalized spacial score (nSPS) is 11.4. The highest BCUT2D eigenvalue weighted by atomic mass is 32.1. The lowest BCUT2D eigenvalue weighted by molar-refractivity contribution is 1.29. The number of nitrogens with one attached hydrogen (secondary N) is 1. The number of aromatic amines is 1. The number of rotatable bonds is 9. The molecule has 64 heavy (non-hydrogen) atoms. The summed E-state index contributed by atoms with van der Waals surface area (Å²) in [7, 11) is 0. The van der Waals surface area contributed by atoms with E-state index in [-0.39, 0.29) is 0 Å². The topological polar surface area (TPSA) is 22.3 Å². The van der Waals surface area contributed by atoms with Gasteiger partial charge in [0.15, 0.2) is 0 Å². The van der Waals surface area contributed by atoms with Crippen molar-refractivity contribution in [2.75, 3.05) is 9.80 Å². The third-order valence-electron chi connectivity index (χ3n) is 12.4. The highest BCUT2D eigenvalue weighted by molar-refractivity contribution is 7.25. The number of benzene rings is 10. The number of nitrogens with zero attached hydrogens (tertiary/aromatic N) is 2. The Labute approximate surface area is 376 Å². The van der Waals surface area contributed by atoms with E-state index in [0.29, 0.717) is 0 Å². The van der Waals surface area contributed by atoms with Crippen molar-refractivity contribution in [2.24, 2.45) is 0 Å². The SMILES string of the molecule is c1ccc(-c2ccc(N(c3ccc(-c4ccccc4)cc3)c3ccc4[nH]c5c(-c6ccc7c(c6)sc6cc(N(c8ccccc8)c8ccccc8)ccc67)cccc5c4c3)cc2)cc1. The summed E-state index contributed by atoms with van der Waals surface area (Å²) >= 11 is 1.86. The van der Waals surface area contributed by atoms with Gasteiger partial charge in [-0.05, 0) is 113 Å². The zero-order valence-corrected chi connectivity index (χ0v) is 35.7. The van der Waals surface area contributed by atoms with E-state index in [1.165, 1.54) is 64.3 Å². The molecule has 0 aliphatic rings. The van der Waals surface area contributed by atoms with Crippen LogP contribution in [0.15, 0.2) is 243 Å². The standard InChI is InChI=1S/C60H41N3S/c1-5-14-41(15-6-1)43-24-29-48(30-25-43)63(49-31-26-44(27-32-49)42-16-7-2-8-17-42)50-34-37-57-56(39-50)55-23-13-22-52(60(55)61-57)45-28-35-53-54-36-33-51(40-59(54)64-58(53)38-45)62(46-18-9-3-10-19-46)47-20-11-4-12-21-47/h1-40,61H. The molecule has 3 nitrogen and oxygen atoms in total. The Kier molecular flexibility index (Phi) is 9.36. The van der Waals surface area contributed by atoms with E-state index in [2.05, 4.69) is 257 Å². The van der Waals surface area contributed by atoms with Crippen LogP contribution in [0.5, 0.6) is 0 Å². The van der Waals surface area contributed by atoms with Crippen molar-refractivity contribution < 1.29 is 0 Å². The third-order valence-corrected chi connectivity index (χ3v) is 13.5. The Morgan fingerprint density at radius 3 is 1.30 bits per heavy atom. The van der Waals surface area contributed by atoms with Crippen molar-refractivity contribution in [2.45, 2.75) is 0 Å². The molecule has 0 bridgehead atoms. The molecule has 4 heteroatoms. The van der Waals surface area contributed by atoms with Crippen LogP contribution in [-0.2, 0) is 0 Å². The smallest absolute Gasteiger partial charge is 0.0544 e. The molecule has 0 saturated carbocycles. The van der Waals surface area contributed by atoms with Gasteiger partial charge in [0.25, 0.3) is 0 Å². The number of hydrogen-bond acceptors (Lipinski definition) is 3. The number of fused-ring (bicyclic) bond motifs is 6. The summed E-state index contributed by atoms with van der Waals surface area (Å²) in [5.74, 6) is 0. The summed E-state index contributed by atoms with van der Waals surface area (Å²) in [6, 6.07) is 87.6. The fourth-order valence-corrected chi connectivity index (χ4v) is 10.5. The van der Waals surface area contributed by atoms with Gasteiger partial charge >= 0.3 is 0 Å². The summed E-state index contributed by atoms with van der Waals surface area (Å²) in [4.78, 5) is 8.55. The summed E-state index contributed by atoms with van der Waals surface area (Å²) < 4.78 is 2.55. The van der Waals surface area contributed by atoms with Crippen LogP contribution < -0.4 is 9.80 Å². The van der Waals surface area contributed by atoms with Crippen LogP contribution in [-0.4, -0.2) is 4.98 Å². The zero-order chi connectivity index (χ0) is 42.4. The second kappa shape index (κ2) is 15.9. The maximum Gasteiger partial charge on any atom is 0.0544 e. The van der Waals surface area contributed by atoms with Gasteiger partial charge in [-0.3, -0.25) is 0 Å². The molecule has 2 heterocycles. The number of hydrogen-bond donors (Lipinski definition) is 1. The molecule has 0 fully saturated rings. The molecule has 0 aliphatic heterocycles. The minimum atomic E-state index is 1.10. The van der Waals surface area contributed by atoms with Crippen LogP contribution in [0.25, 0.3) is 75.4 Å². The van der Waals surface area contributed by atoms with Crippen molar-refractivity contribution in [1.29, 1.82) is 0 Å². The molecular weight excluding hydrogens is 795 g/mol. The maximum absolute atomic E-state index is 3.85. The lowest BCUT2D eigenvalue weighted by Gasteiger charge is -2.26. The molecule has 0 amide bonds. The lowest BCUT2D eigenvalue weighted by Crippen LogP contribution is -2.09. The number of anilines is 6. The van der Waals surface area contributed by atoms with Gasteiger partial charge in [-0.1, -0.05) is 158 Å². The van der Waals surface area contributed by atoms with E-state index in [4.69, 9.17) is 0 Å². The van der Waals surface area contributed by atoms with Crippen LogP contribution in [0, 0.1) is 0 Å². The molecule has 0 unspecified atom stereocenters. The molecule has 2 aromatic heterocycles. The van der Waals surface area contributed by atoms with Crippen molar-refractivity contribution in [3.05, 3.63) is 243 Å². The second-order valence-corrected chi connectivity index (χ2v) is 17.3. The Balaban J connectivity index is 0.928. The molecule has 0 saturated heterocycles. The summed E-state index contributed by atoms with van der Waals surface area (Å²) in [5.41, 5.74) is 16.2. The number of thiophene rings is 1. The first-order valence-electron chi connectivity index (χ1n) is 21.7. The van der Waals surface area contributed by atoms with E-state index in [9.17, 15) is 0 Å². The van der Waals surface area contributed by atoms with Gasteiger partial charge in [-0.2, -0.15) is 0 Å². The Bertz CT molecular complexity index is 3460. The summed E-state index contributed by atoms with van der Waals surface area (Å²) in [5, 5.41) is 4.96. The first-order valence-corrected chi connectivity index (χ1v) is 22.6. The van der Waals surface area contributed by atoms with E-state index in [0.717, 1.165) is 45.2 Å². The Hall–Kier alpha value is -8.18. The van der Waals surface area contributed by atoms with E-state index in [1.807, 2.05) is 11.3 Å². The largest absolute Gasteiger partial charge is 0.354 e. The molecule has 12 rings (SSSR count). The molecule has 0 aliphatic carbocycles. The van der Waals surface area contributed by atoms with Gasteiger partial charge in [0.1, 0.15) is 0 Å². The summed E-state index contributed by atoms with van der Waals surface area (Å²) in [6.07, 6.45) is 0. The van der Waals surface area contributed by atoms with Crippen LogP contribution >= 0.6 is 11.3 Å². The molecular formula is C60H41N3S. The summed E-state index contributed by atoms with van der Waals surface area (Å²) in [6.45, 7) is 0. The van der Waals surface area contributed by atoms with Gasteiger partial charge < -0.3 is 14.8 Å². The predicted molar refractivity (Wildman–Crippen MR) is 274 cm³/mol. The van der Waals surface area contributed by atoms with E-state index >= 15 is 0 Å². The van der Waals surface area contributed by atoms with Crippen LogP contribution in [0.1, 0.15) is 0 Å². The zero-order valence-electron chi connectivity index (χ0n) is 34.9. The van der Waals surface area contributed by atoms with E-state index in [1.54, 1.807) is 0 Å². The average Bonchev–Trinajstić information content (AvgIpc) is 3.93. The van der Waals surface area contributed by atoms with Crippen LogP contribution in [0.3, 0.4) is 0 Å². The van der Waals surface area contributed by atoms with Gasteiger partial charge in [-0.15, -0.1) is 11.3 Å². The first-order chi connectivity index (χ1) is 31.7. The van der Waals surface area contributed by atoms with Crippen molar-refractivity contribution >= 4 is 87.4 Å². The van der Waals surface area contributed by atoms with Gasteiger partial charge in [-0.25, -0.2) is 0 Å². The Morgan fingerprint density at radius 2 is 0.719 bits per heavy atom. The highest BCUT2D eigenvalue weighted by Gasteiger charge is 2.18. The van der Waals surface area contributed by atoms with Gasteiger partial charge in [0.05, 0.1) is 5.52 Å². The second-order valence-electron chi connectivity index (χ2n) is 16.2. The van der Waals surface area contributed by atoms with Gasteiger partial charge in [0, 0.05) is 76.1 Å². The molecule has 12 aromatic rings. The number of H-pyrrole nitrogens is 1. The predicted octanol–water partition coefficient (Wildman–Crippen LogP) is 17.6. The molecule has 0 atom stereocenters. The fourth-order valence-electron chi connectivity index (χ4n) is 9.28. The fraction of sp³-hybridized carbons (Fsp3) is 0. The van der Waals surface area contributed by atoms with Crippen molar-refractivity contribution in [3.8, 4) is 33.4 Å². The molecule has 1 N–H and O–H groups in total. The molecule has 302 valence electrons. The number of aromatic nitrogens is 1. The van der Waals surface area contributed by atoms with Crippen molar-refractivity contribution in [1.82, 2.24) is 4.98 Å². The monoisotopic (exact) mass is 835 g/mol. The molecule has 10 aromatic carbocycles. The van der Waals surface area contributed by atoms with Crippen LogP contribution in [0.2, 0.25) is 0 Å². The van der Waals surface area contributed by atoms with E-state index < -0.39 is 0 Å². The lowest BCUT2D eigenvalue weighted by atomic mass is 10.0. The molecule has 0 spiro atoms. The molecule has 0 radical (unpaired) electrons. The first kappa shape index (κ1) is 37.6. The quantitative estimate of drug-likeness (QED) is 0.156. The minimum absolute atomic E-state index is 1.10. The van der Waals surface area contributed by atoms with Crippen molar-refractivity contribution in [3.63, 3.8) is 0 Å². The minimum Gasteiger partial charge on any atom is -0.354 e. The maximum atomic E-state index is 3.85. The third kappa shape index (κ3) is 6.78.